The fraction of sp³-hybridized carbons (Fsp3) is 0.667. The molecule has 1 unspecified atom stereocenters. The minimum atomic E-state index is 0.0845. The molecule has 0 aliphatic heterocycles. The van der Waals surface area contributed by atoms with E-state index in [9.17, 15) is 4.79 Å². The molecule has 0 aromatic rings. The highest BCUT2D eigenvalue weighted by Crippen LogP contribution is 2.37. The first-order chi connectivity index (χ1) is 4.45. The largest absolute Gasteiger partial charge is 0.294 e. The van der Waals surface area contributed by atoms with Gasteiger partial charge in [-0.15, -0.1) is 0 Å². The maximum Gasteiger partial charge on any atom is 0.161 e. The van der Waals surface area contributed by atoms with E-state index in [1.165, 1.54) is 0 Å². The van der Waals surface area contributed by atoms with Crippen LogP contribution in [0.15, 0.2) is 11.6 Å². The molecular formula is C9H14O. The van der Waals surface area contributed by atoms with Crippen LogP contribution in [0.2, 0.25) is 0 Å². The standard InChI is InChI=1S/C9H14O/c1-6-5-9(3,4)7(2)8(6)10/h5,7H,1-4H3. The topological polar surface area (TPSA) is 17.1 Å². The first-order valence-corrected chi connectivity index (χ1v) is 3.69. The number of hydrogen-bond donors (Lipinski definition) is 0. The molecule has 0 spiro atoms. The van der Waals surface area contributed by atoms with Gasteiger partial charge >= 0.3 is 0 Å². The molecule has 0 amide bonds. The molecule has 0 bridgehead atoms. The minimum Gasteiger partial charge on any atom is -0.294 e. The van der Waals surface area contributed by atoms with E-state index in [-0.39, 0.29) is 11.3 Å². The lowest BCUT2D eigenvalue weighted by atomic mass is 9.83. The van der Waals surface area contributed by atoms with E-state index in [4.69, 9.17) is 0 Å². The van der Waals surface area contributed by atoms with E-state index in [1.54, 1.807) is 0 Å². The van der Waals surface area contributed by atoms with Crippen LogP contribution in [0.3, 0.4) is 0 Å². The van der Waals surface area contributed by atoms with Gasteiger partial charge in [0.05, 0.1) is 0 Å². The Morgan fingerprint density at radius 3 is 2.10 bits per heavy atom. The van der Waals surface area contributed by atoms with Gasteiger partial charge in [0.15, 0.2) is 5.78 Å². The number of rotatable bonds is 0. The summed E-state index contributed by atoms with van der Waals surface area (Å²) in [5.74, 6) is 0.484. The van der Waals surface area contributed by atoms with Gasteiger partial charge in [-0.2, -0.15) is 0 Å². The average molecular weight is 138 g/mol. The third-order valence-electron chi connectivity index (χ3n) is 2.49. The SMILES string of the molecule is CC1=CC(C)(C)C(C)C1=O. The summed E-state index contributed by atoms with van der Waals surface area (Å²) in [6.45, 7) is 8.10. The van der Waals surface area contributed by atoms with Crippen molar-refractivity contribution < 1.29 is 4.79 Å². The molecule has 0 fully saturated rings. The van der Waals surface area contributed by atoms with Gasteiger partial charge in [0.25, 0.3) is 0 Å². The number of carbonyl (C=O) groups excluding carboxylic acids is 1. The second-order valence-electron chi connectivity index (χ2n) is 3.73. The number of allylic oxidation sites excluding steroid dienone is 2. The molecule has 0 radical (unpaired) electrons. The Labute approximate surface area is 62.1 Å². The summed E-state index contributed by atoms with van der Waals surface area (Å²) in [6.07, 6.45) is 2.07. The van der Waals surface area contributed by atoms with Crippen molar-refractivity contribution >= 4 is 5.78 Å². The molecule has 0 aromatic heterocycles. The zero-order valence-electron chi connectivity index (χ0n) is 7.06. The van der Waals surface area contributed by atoms with Gasteiger partial charge in [-0.25, -0.2) is 0 Å². The second kappa shape index (κ2) is 1.94. The Morgan fingerprint density at radius 1 is 1.50 bits per heavy atom. The smallest absolute Gasteiger partial charge is 0.161 e. The molecule has 0 saturated heterocycles. The zero-order valence-corrected chi connectivity index (χ0v) is 7.06. The van der Waals surface area contributed by atoms with Crippen LogP contribution < -0.4 is 0 Å². The number of ketones is 1. The predicted molar refractivity (Wildman–Crippen MR) is 41.7 cm³/mol. The third kappa shape index (κ3) is 0.898. The summed E-state index contributed by atoms with van der Waals surface area (Å²) >= 11 is 0. The molecule has 1 rings (SSSR count). The van der Waals surface area contributed by atoms with Gasteiger partial charge in [0, 0.05) is 5.92 Å². The van der Waals surface area contributed by atoms with E-state index in [2.05, 4.69) is 19.9 Å². The van der Waals surface area contributed by atoms with Crippen LogP contribution in [-0.2, 0) is 4.79 Å². The van der Waals surface area contributed by atoms with E-state index in [1.807, 2.05) is 13.8 Å². The lowest BCUT2D eigenvalue weighted by Gasteiger charge is -2.19. The van der Waals surface area contributed by atoms with Gasteiger partial charge in [0.2, 0.25) is 0 Å². The van der Waals surface area contributed by atoms with Crippen molar-refractivity contribution in [2.24, 2.45) is 11.3 Å². The number of hydrogen-bond acceptors (Lipinski definition) is 1. The van der Waals surface area contributed by atoms with E-state index in [0.717, 1.165) is 5.57 Å². The average Bonchev–Trinajstić information content (AvgIpc) is 1.95. The molecular weight excluding hydrogens is 124 g/mol. The monoisotopic (exact) mass is 138 g/mol. The summed E-state index contributed by atoms with van der Waals surface area (Å²) in [4.78, 5) is 11.3. The van der Waals surface area contributed by atoms with E-state index >= 15 is 0 Å². The maximum atomic E-state index is 11.3. The van der Waals surface area contributed by atoms with Gasteiger partial charge in [0.1, 0.15) is 0 Å². The first kappa shape index (κ1) is 7.52. The van der Waals surface area contributed by atoms with Crippen molar-refractivity contribution in [3.63, 3.8) is 0 Å². The van der Waals surface area contributed by atoms with E-state index < -0.39 is 0 Å². The van der Waals surface area contributed by atoms with Crippen molar-refractivity contribution in [3.05, 3.63) is 11.6 Å². The molecule has 0 N–H and O–H groups in total. The highest BCUT2D eigenvalue weighted by atomic mass is 16.1. The van der Waals surface area contributed by atoms with Crippen LogP contribution in [0.4, 0.5) is 0 Å². The van der Waals surface area contributed by atoms with Crippen molar-refractivity contribution in [3.8, 4) is 0 Å². The summed E-state index contributed by atoms with van der Waals surface area (Å²) < 4.78 is 0. The van der Waals surface area contributed by atoms with Crippen molar-refractivity contribution in [1.82, 2.24) is 0 Å². The lowest BCUT2D eigenvalue weighted by Crippen LogP contribution is -2.19. The fourth-order valence-electron chi connectivity index (χ4n) is 1.43. The Hall–Kier alpha value is -0.590. The Balaban J connectivity index is 2.98. The van der Waals surface area contributed by atoms with Crippen LogP contribution in [0, 0.1) is 11.3 Å². The van der Waals surface area contributed by atoms with Gasteiger partial charge in [-0.05, 0) is 17.9 Å². The fourth-order valence-corrected chi connectivity index (χ4v) is 1.43. The number of Topliss-reactive ketones (excluding diaryl/α,β-unsaturated/α-hetero) is 1. The molecule has 0 saturated carbocycles. The van der Waals surface area contributed by atoms with Gasteiger partial charge in [-0.1, -0.05) is 26.8 Å². The molecule has 10 heavy (non-hydrogen) atoms. The van der Waals surface area contributed by atoms with Crippen molar-refractivity contribution in [2.45, 2.75) is 27.7 Å². The third-order valence-corrected chi connectivity index (χ3v) is 2.49. The highest BCUT2D eigenvalue weighted by molar-refractivity contribution is 5.99. The minimum absolute atomic E-state index is 0.0845. The lowest BCUT2D eigenvalue weighted by molar-refractivity contribution is -0.119. The zero-order chi connectivity index (χ0) is 7.94. The summed E-state index contributed by atoms with van der Waals surface area (Å²) in [5, 5.41) is 0. The van der Waals surface area contributed by atoms with Crippen molar-refractivity contribution in [1.29, 1.82) is 0 Å². The molecule has 1 nitrogen and oxygen atoms in total. The second-order valence-corrected chi connectivity index (χ2v) is 3.73. The van der Waals surface area contributed by atoms with Gasteiger partial charge in [-0.3, -0.25) is 4.79 Å². The van der Waals surface area contributed by atoms with Crippen LogP contribution in [0.5, 0.6) is 0 Å². The molecule has 1 heteroatoms. The Kier molecular flexibility index (Phi) is 1.46. The predicted octanol–water partition coefficient (Wildman–Crippen LogP) is 2.18. The summed E-state index contributed by atoms with van der Waals surface area (Å²) in [6, 6.07) is 0. The molecule has 1 aliphatic carbocycles. The van der Waals surface area contributed by atoms with Crippen LogP contribution in [0.1, 0.15) is 27.7 Å². The van der Waals surface area contributed by atoms with Gasteiger partial charge < -0.3 is 0 Å². The van der Waals surface area contributed by atoms with Crippen LogP contribution >= 0.6 is 0 Å². The van der Waals surface area contributed by atoms with Crippen LogP contribution in [0.25, 0.3) is 0 Å². The molecule has 0 heterocycles. The first-order valence-electron chi connectivity index (χ1n) is 3.69. The molecule has 1 aliphatic rings. The van der Waals surface area contributed by atoms with E-state index in [0.29, 0.717) is 5.78 Å². The highest BCUT2D eigenvalue weighted by Gasteiger charge is 2.35. The quantitative estimate of drug-likeness (QED) is 0.501. The summed E-state index contributed by atoms with van der Waals surface area (Å²) in [5.41, 5.74) is 1.01. The van der Waals surface area contributed by atoms with Crippen LogP contribution in [-0.4, -0.2) is 5.78 Å². The Bertz CT molecular complexity index is 199. The van der Waals surface area contributed by atoms with Crippen molar-refractivity contribution in [2.75, 3.05) is 0 Å². The Morgan fingerprint density at radius 2 is 2.00 bits per heavy atom. The molecule has 0 aromatic carbocycles. The normalized spacial score (nSPS) is 30.6. The number of carbonyl (C=O) groups is 1. The maximum absolute atomic E-state index is 11.3. The molecule has 1 atom stereocenters. The molecule has 56 valence electrons. The summed E-state index contributed by atoms with van der Waals surface area (Å²) in [7, 11) is 0.